The average Bonchev–Trinajstić information content (AvgIpc) is 3.05. The molecule has 0 spiro atoms. The lowest BCUT2D eigenvalue weighted by Gasteiger charge is -2.45. The highest BCUT2D eigenvalue weighted by Crippen LogP contribution is 2.38. The summed E-state index contributed by atoms with van der Waals surface area (Å²) in [6.45, 7) is 2.47. The molecule has 0 radical (unpaired) electrons. The number of carbonyl (C=O) groups excluding carboxylic acids is 1. The van der Waals surface area contributed by atoms with Gasteiger partial charge in [-0.3, -0.25) is 4.79 Å². The van der Waals surface area contributed by atoms with Crippen LogP contribution in [0.1, 0.15) is 36.1 Å². The van der Waals surface area contributed by atoms with Crippen molar-refractivity contribution in [3.05, 3.63) is 71.7 Å². The fourth-order valence-electron chi connectivity index (χ4n) is 3.78. The summed E-state index contributed by atoms with van der Waals surface area (Å²) in [6.07, 6.45) is 6.41. The first-order valence-corrected chi connectivity index (χ1v) is 9.30. The summed E-state index contributed by atoms with van der Waals surface area (Å²) in [5, 5.41) is 9.81. The molecule has 4 rings (SSSR count). The number of pyridine rings is 1. The third kappa shape index (κ3) is 3.08. The number of hydrogen-bond donors (Lipinski definition) is 0. The van der Waals surface area contributed by atoms with Gasteiger partial charge < -0.3 is 9.30 Å². The Morgan fingerprint density at radius 1 is 1.26 bits per heavy atom. The van der Waals surface area contributed by atoms with Gasteiger partial charge in [0.25, 0.3) is 0 Å². The number of imidazole rings is 1. The van der Waals surface area contributed by atoms with Crippen molar-refractivity contribution in [3.63, 3.8) is 0 Å². The fraction of sp³-hybridized carbons (Fsp3) is 0.318. The van der Waals surface area contributed by atoms with Crippen molar-refractivity contribution in [2.45, 2.75) is 44.7 Å². The van der Waals surface area contributed by atoms with Crippen molar-refractivity contribution in [1.82, 2.24) is 14.3 Å². The molecule has 5 nitrogen and oxygen atoms in total. The lowest BCUT2D eigenvalue weighted by Crippen LogP contribution is -2.55. The highest BCUT2D eigenvalue weighted by molar-refractivity contribution is 5.80. The van der Waals surface area contributed by atoms with Crippen molar-refractivity contribution in [1.29, 1.82) is 5.26 Å². The first-order valence-electron chi connectivity index (χ1n) is 9.30. The molecule has 1 saturated carbocycles. The zero-order valence-electron chi connectivity index (χ0n) is 15.4. The summed E-state index contributed by atoms with van der Waals surface area (Å²) in [7, 11) is 0. The quantitative estimate of drug-likeness (QED) is 0.699. The van der Waals surface area contributed by atoms with Crippen molar-refractivity contribution in [2.24, 2.45) is 0 Å². The minimum absolute atomic E-state index is 0.0246. The molecule has 2 heterocycles. The molecule has 0 unspecified atom stereocenters. The van der Waals surface area contributed by atoms with E-state index in [1.807, 2.05) is 60.0 Å². The minimum Gasteiger partial charge on any atom is -0.319 e. The summed E-state index contributed by atoms with van der Waals surface area (Å²) in [5.41, 5.74) is 3.16. The average molecular weight is 358 g/mol. The Labute approximate surface area is 158 Å². The topological polar surface area (TPSA) is 61.4 Å². The van der Waals surface area contributed by atoms with E-state index in [1.165, 1.54) is 0 Å². The molecule has 0 aliphatic heterocycles. The van der Waals surface area contributed by atoms with Crippen LogP contribution in [-0.2, 0) is 17.8 Å². The van der Waals surface area contributed by atoms with Crippen molar-refractivity contribution in [3.8, 4) is 6.07 Å². The van der Waals surface area contributed by atoms with Crippen LogP contribution in [0.3, 0.4) is 0 Å². The molecule has 136 valence electrons. The summed E-state index contributed by atoms with van der Waals surface area (Å²) in [5.74, 6) is -0.0246. The van der Waals surface area contributed by atoms with Crippen LogP contribution in [0.4, 0.5) is 0 Å². The van der Waals surface area contributed by atoms with Crippen LogP contribution in [0.5, 0.6) is 0 Å². The van der Waals surface area contributed by atoms with Gasteiger partial charge in [0.2, 0.25) is 5.91 Å². The standard InChI is InChI=1S/C22H22N4O/c1-17-7-5-12-25-19(14-24-21(17)25)13-20(27)26(22(16-23)10-6-11-22)15-18-8-3-2-4-9-18/h2-5,7-9,12,14H,6,10-11,13,15H2,1H3. The number of aryl methyl sites for hydroxylation is 1. The van der Waals surface area contributed by atoms with Gasteiger partial charge >= 0.3 is 0 Å². The number of rotatable bonds is 5. The van der Waals surface area contributed by atoms with Gasteiger partial charge in [0.05, 0.1) is 18.2 Å². The summed E-state index contributed by atoms with van der Waals surface area (Å²) >= 11 is 0. The smallest absolute Gasteiger partial charge is 0.230 e. The summed E-state index contributed by atoms with van der Waals surface area (Å²) in [4.78, 5) is 19.5. The number of amides is 1. The molecular formula is C22H22N4O. The zero-order chi connectivity index (χ0) is 18.9. The SMILES string of the molecule is Cc1cccn2c(CC(=O)N(Cc3ccccc3)C3(C#N)CCC3)cnc12. The van der Waals surface area contributed by atoms with Gasteiger partial charge in [-0.1, -0.05) is 36.4 Å². The summed E-state index contributed by atoms with van der Waals surface area (Å²) < 4.78 is 1.97. The normalized spacial score (nSPS) is 15.1. The molecule has 2 aromatic heterocycles. The molecule has 0 bridgehead atoms. The van der Waals surface area contributed by atoms with Crippen LogP contribution in [0.25, 0.3) is 5.65 Å². The van der Waals surface area contributed by atoms with E-state index in [9.17, 15) is 10.1 Å². The Morgan fingerprint density at radius 2 is 2.04 bits per heavy atom. The molecule has 3 aromatic rings. The third-order valence-electron chi connectivity index (χ3n) is 5.53. The van der Waals surface area contributed by atoms with Gasteiger partial charge in [-0.2, -0.15) is 5.26 Å². The Bertz CT molecular complexity index is 1010. The second-order valence-corrected chi connectivity index (χ2v) is 7.27. The number of nitrogens with zero attached hydrogens (tertiary/aromatic N) is 4. The van der Waals surface area contributed by atoms with Gasteiger partial charge in [0.1, 0.15) is 11.2 Å². The first kappa shape index (κ1) is 17.3. The van der Waals surface area contributed by atoms with Gasteiger partial charge in [-0.15, -0.1) is 0 Å². The monoisotopic (exact) mass is 358 g/mol. The van der Waals surface area contributed by atoms with Gasteiger partial charge in [-0.25, -0.2) is 4.98 Å². The zero-order valence-corrected chi connectivity index (χ0v) is 15.4. The van der Waals surface area contributed by atoms with Crippen LogP contribution in [-0.4, -0.2) is 25.7 Å². The highest BCUT2D eigenvalue weighted by Gasteiger charge is 2.45. The molecule has 27 heavy (non-hydrogen) atoms. The molecule has 1 aliphatic carbocycles. The Kier molecular flexibility index (Phi) is 4.41. The van der Waals surface area contributed by atoms with E-state index in [-0.39, 0.29) is 12.3 Å². The lowest BCUT2D eigenvalue weighted by atomic mass is 9.76. The molecule has 1 aliphatic rings. The van der Waals surface area contributed by atoms with Crippen molar-refractivity contribution < 1.29 is 4.79 Å². The Morgan fingerprint density at radius 3 is 2.70 bits per heavy atom. The third-order valence-corrected chi connectivity index (χ3v) is 5.53. The number of aromatic nitrogens is 2. The lowest BCUT2D eigenvalue weighted by molar-refractivity contribution is -0.138. The van der Waals surface area contributed by atoms with Crippen LogP contribution in [0, 0.1) is 18.3 Å². The van der Waals surface area contributed by atoms with Gasteiger partial charge in [0, 0.05) is 18.9 Å². The first-order chi connectivity index (χ1) is 13.1. The minimum atomic E-state index is -0.677. The Balaban J connectivity index is 1.64. The number of carbonyl (C=O) groups is 1. The predicted octanol–water partition coefficient (Wildman–Crippen LogP) is 3.66. The maximum absolute atomic E-state index is 13.3. The van der Waals surface area contributed by atoms with E-state index >= 15 is 0 Å². The number of nitriles is 1. The van der Waals surface area contributed by atoms with E-state index in [1.54, 1.807) is 11.1 Å². The molecule has 1 amide bonds. The number of hydrogen-bond acceptors (Lipinski definition) is 3. The van der Waals surface area contributed by atoms with Crippen LogP contribution in [0.2, 0.25) is 0 Å². The molecule has 5 heteroatoms. The summed E-state index contributed by atoms with van der Waals surface area (Å²) in [6, 6.07) is 16.3. The Hall–Kier alpha value is -3.13. The van der Waals surface area contributed by atoms with Crippen molar-refractivity contribution in [2.75, 3.05) is 0 Å². The number of fused-ring (bicyclic) bond motifs is 1. The highest BCUT2D eigenvalue weighted by atomic mass is 16.2. The van der Waals surface area contributed by atoms with E-state index in [0.29, 0.717) is 6.54 Å². The van der Waals surface area contributed by atoms with Crippen LogP contribution >= 0.6 is 0 Å². The molecular weight excluding hydrogens is 336 g/mol. The van der Waals surface area contributed by atoms with Crippen molar-refractivity contribution >= 4 is 11.6 Å². The second-order valence-electron chi connectivity index (χ2n) is 7.27. The fourth-order valence-corrected chi connectivity index (χ4v) is 3.78. The van der Waals surface area contributed by atoms with E-state index < -0.39 is 5.54 Å². The van der Waals surface area contributed by atoms with E-state index in [4.69, 9.17) is 0 Å². The largest absolute Gasteiger partial charge is 0.319 e. The second kappa shape index (κ2) is 6.88. The van der Waals surface area contributed by atoms with Gasteiger partial charge in [0.15, 0.2) is 0 Å². The predicted molar refractivity (Wildman–Crippen MR) is 103 cm³/mol. The molecule has 1 fully saturated rings. The van der Waals surface area contributed by atoms with Crippen LogP contribution in [0.15, 0.2) is 54.9 Å². The maximum atomic E-state index is 13.3. The number of benzene rings is 1. The van der Waals surface area contributed by atoms with Gasteiger partial charge in [-0.05, 0) is 43.4 Å². The molecule has 0 atom stereocenters. The molecule has 0 saturated heterocycles. The van der Waals surface area contributed by atoms with Crippen LogP contribution < -0.4 is 0 Å². The van der Waals surface area contributed by atoms with E-state index in [0.717, 1.165) is 41.7 Å². The maximum Gasteiger partial charge on any atom is 0.230 e. The molecule has 1 aromatic carbocycles. The molecule has 0 N–H and O–H groups in total. The van der Waals surface area contributed by atoms with E-state index in [2.05, 4.69) is 11.1 Å².